The zero-order valence-electron chi connectivity index (χ0n) is 13.2. The monoisotopic (exact) mass is 343 g/mol. The van der Waals surface area contributed by atoms with Gasteiger partial charge in [0.2, 0.25) is 21.8 Å². The van der Waals surface area contributed by atoms with Crippen LogP contribution in [0.15, 0.2) is 18.3 Å². The second kappa shape index (κ2) is 7.71. The molecule has 0 saturated carbocycles. The molecule has 2 heterocycles. The van der Waals surface area contributed by atoms with Gasteiger partial charge in [-0.3, -0.25) is 4.79 Å². The number of sulfonamides is 1. The molecular formula is C14H21N3O5S. The summed E-state index contributed by atoms with van der Waals surface area (Å²) >= 11 is 0. The Morgan fingerprint density at radius 2 is 2.22 bits per heavy atom. The minimum Gasteiger partial charge on any atom is -0.475 e. The van der Waals surface area contributed by atoms with Crippen LogP contribution < -0.4 is 10.1 Å². The summed E-state index contributed by atoms with van der Waals surface area (Å²) in [6, 6.07) is 2.63. The van der Waals surface area contributed by atoms with Crippen molar-refractivity contribution in [3.8, 4) is 5.88 Å². The zero-order chi connectivity index (χ0) is 16.9. The van der Waals surface area contributed by atoms with Crippen molar-refractivity contribution < 1.29 is 22.7 Å². The quantitative estimate of drug-likeness (QED) is 0.723. The van der Waals surface area contributed by atoms with E-state index in [1.54, 1.807) is 19.2 Å². The maximum atomic E-state index is 12.3. The molecule has 0 unspecified atom stereocenters. The van der Waals surface area contributed by atoms with Gasteiger partial charge in [-0.15, -0.1) is 0 Å². The minimum atomic E-state index is -3.38. The molecule has 1 aromatic heterocycles. The van der Waals surface area contributed by atoms with Crippen molar-refractivity contribution in [3.63, 3.8) is 0 Å². The van der Waals surface area contributed by atoms with E-state index < -0.39 is 16.1 Å². The van der Waals surface area contributed by atoms with Crippen LogP contribution in [0.3, 0.4) is 0 Å². The smallest absolute Gasteiger partial charge is 0.242 e. The van der Waals surface area contributed by atoms with E-state index in [1.165, 1.54) is 10.5 Å². The number of nitrogens with one attached hydrogen (secondary N) is 1. The number of rotatable bonds is 7. The van der Waals surface area contributed by atoms with E-state index >= 15 is 0 Å². The molecule has 1 saturated heterocycles. The molecule has 0 radical (unpaired) electrons. The number of hydrogen-bond acceptors (Lipinski definition) is 6. The minimum absolute atomic E-state index is 0.345. The summed E-state index contributed by atoms with van der Waals surface area (Å²) in [5.41, 5.74) is 0.495. The molecule has 1 atom stereocenters. The molecule has 1 amide bonds. The second-order valence-electron chi connectivity index (χ2n) is 5.25. The standard InChI is InChI=1S/C14H21N3O5S/c1-21-8-9-22-13-6-5-11(10-15-13)16-14(18)12-4-3-7-17(12)23(2,19)20/h5-6,10,12H,3-4,7-9H2,1-2H3,(H,16,18)/t12-/m0/s1. The van der Waals surface area contributed by atoms with Crippen molar-refractivity contribution in [2.24, 2.45) is 0 Å². The van der Waals surface area contributed by atoms with Crippen molar-refractivity contribution in [1.82, 2.24) is 9.29 Å². The first kappa shape index (κ1) is 17.6. The van der Waals surface area contributed by atoms with Crippen LogP contribution in [0.25, 0.3) is 0 Å². The fourth-order valence-corrected chi connectivity index (χ4v) is 3.52. The van der Waals surface area contributed by atoms with Crippen LogP contribution in [0.5, 0.6) is 5.88 Å². The lowest BCUT2D eigenvalue weighted by molar-refractivity contribution is -0.119. The van der Waals surface area contributed by atoms with Crippen LogP contribution in [0, 0.1) is 0 Å². The van der Waals surface area contributed by atoms with Gasteiger partial charge in [-0.1, -0.05) is 0 Å². The summed E-state index contributed by atoms with van der Waals surface area (Å²) in [6.07, 6.45) is 3.78. The number of anilines is 1. The SMILES string of the molecule is COCCOc1ccc(NC(=O)[C@@H]2CCCN2S(C)(=O)=O)cn1. The fraction of sp³-hybridized carbons (Fsp3) is 0.571. The number of ether oxygens (including phenoxy) is 2. The first-order chi connectivity index (χ1) is 10.9. The lowest BCUT2D eigenvalue weighted by Crippen LogP contribution is -2.42. The van der Waals surface area contributed by atoms with Crippen LogP contribution in [0.2, 0.25) is 0 Å². The van der Waals surface area contributed by atoms with Crippen molar-refractivity contribution in [2.45, 2.75) is 18.9 Å². The largest absolute Gasteiger partial charge is 0.475 e. The second-order valence-corrected chi connectivity index (χ2v) is 7.18. The Morgan fingerprint density at radius 1 is 1.43 bits per heavy atom. The highest BCUT2D eigenvalue weighted by atomic mass is 32.2. The number of carbonyl (C=O) groups is 1. The van der Waals surface area contributed by atoms with Crippen LogP contribution >= 0.6 is 0 Å². The van der Waals surface area contributed by atoms with Gasteiger partial charge in [-0.2, -0.15) is 4.31 Å². The lowest BCUT2D eigenvalue weighted by atomic mass is 10.2. The Hall–Kier alpha value is -1.71. The third-order valence-corrected chi connectivity index (χ3v) is 4.76. The van der Waals surface area contributed by atoms with E-state index in [2.05, 4.69) is 10.3 Å². The summed E-state index contributed by atoms with van der Waals surface area (Å²) in [5.74, 6) is 0.0847. The Bertz CT molecular complexity index is 632. The summed E-state index contributed by atoms with van der Waals surface area (Å²) in [4.78, 5) is 16.3. The number of pyridine rings is 1. The number of carbonyl (C=O) groups excluding carboxylic acids is 1. The maximum absolute atomic E-state index is 12.3. The van der Waals surface area contributed by atoms with E-state index in [-0.39, 0.29) is 5.91 Å². The van der Waals surface area contributed by atoms with Gasteiger partial charge in [0.25, 0.3) is 0 Å². The van der Waals surface area contributed by atoms with Crippen LogP contribution in [-0.2, 0) is 19.6 Å². The molecule has 23 heavy (non-hydrogen) atoms. The number of hydrogen-bond donors (Lipinski definition) is 1. The molecule has 0 bridgehead atoms. The van der Waals surface area contributed by atoms with Gasteiger partial charge < -0.3 is 14.8 Å². The summed E-state index contributed by atoms with van der Waals surface area (Å²) in [6.45, 7) is 1.23. The number of aromatic nitrogens is 1. The van der Waals surface area contributed by atoms with Crippen molar-refractivity contribution in [3.05, 3.63) is 18.3 Å². The van der Waals surface area contributed by atoms with Gasteiger partial charge in [0.1, 0.15) is 12.6 Å². The molecule has 0 aromatic carbocycles. The molecule has 1 aromatic rings. The van der Waals surface area contributed by atoms with Crippen molar-refractivity contribution in [2.75, 3.05) is 38.4 Å². The number of methoxy groups -OCH3 is 1. The molecule has 0 aliphatic carbocycles. The van der Waals surface area contributed by atoms with Gasteiger partial charge in [-0.25, -0.2) is 13.4 Å². The topological polar surface area (TPSA) is 97.8 Å². The van der Waals surface area contributed by atoms with E-state index in [0.717, 1.165) is 6.26 Å². The van der Waals surface area contributed by atoms with Gasteiger partial charge in [0, 0.05) is 19.7 Å². The average Bonchev–Trinajstić information content (AvgIpc) is 2.99. The van der Waals surface area contributed by atoms with E-state index in [1.807, 2.05) is 0 Å². The summed E-state index contributed by atoms with van der Waals surface area (Å²) in [5, 5.41) is 2.69. The van der Waals surface area contributed by atoms with Gasteiger partial charge >= 0.3 is 0 Å². The summed E-state index contributed by atoms with van der Waals surface area (Å²) < 4.78 is 34.8. The van der Waals surface area contributed by atoms with Gasteiger partial charge in [0.15, 0.2) is 0 Å². The highest BCUT2D eigenvalue weighted by molar-refractivity contribution is 7.88. The molecule has 128 valence electrons. The molecule has 1 N–H and O–H groups in total. The zero-order valence-corrected chi connectivity index (χ0v) is 14.0. The van der Waals surface area contributed by atoms with Crippen LogP contribution in [-0.4, -0.2) is 62.8 Å². The fourth-order valence-electron chi connectivity index (χ4n) is 2.39. The Morgan fingerprint density at radius 3 is 2.83 bits per heavy atom. The third kappa shape index (κ3) is 4.88. The van der Waals surface area contributed by atoms with E-state index in [9.17, 15) is 13.2 Å². The predicted molar refractivity (Wildman–Crippen MR) is 84.8 cm³/mol. The molecule has 9 heteroatoms. The predicted octanol–water partition coefficient (Wildman–Crippen LogP) is 0.469. The number of nitrogens with zero attached hydrogens (tertiary/aromatic N) is 2. The lowest BCUT2D eigenvalue weighted by Gasteiger charge is -2.21. The van der Waals surface area contributed by atoms with Crippen LogP contribution in [0.4, 0.5) is 5.69 Å². The van der Waals surface area contributed by atoms with Crippen LogP contribution in [0.1, 0.15) is 12.8 Å². The molecule has 1 aliphatic heterocycles. The van der Waals surface area contributed by atoms with Gasteiger partial charge in [-0.05, 0) is 18.9 Å². The first-order valence-electron chi connectivity index (χ1n) is 7.27. The molecule has 1 fully saturated rings. The summed E-state index contributed by atoms with van der Waals surface area (Å²) in [7, 11) is -1.80. The molecule has 0 spiro atoms. The Balaban J connectivity index is 1.95. The van der Waals surface area contributed by atoms with E-state index in [0.29, 0.717) is 44.2 Å². The molecule has 2 rings (SSSR count). The number of amides is 1. The first-order valence-corrected chi connectivity index (χ1v) is 9.12. The van der Waals surface area contributed by atoms with Gasteiger partial charge in [0.05, 0.1) is 24.7 Å². The third-order valence-electron chi connectivity index (χ3n) is 3.47. The highest BCUT2D eigenvalue weighted by Crippen LogP contribution is 2.22. The molecular weight excluding hydrogens is 322 g/mol. The Labute approximate surface area is 135 Å². The van der Waals surface area contributed by atoms with Crippen molar-refractivity contribution >= 4 is 21.6 Å². The molecule has 8 nitrogen and oxygen atoms in total. The Kier molecular flexibility index (Phi) is 5.91. The average molecular weight is 343 g/mol. The van der Waals surface area contributed by atoms with E-state index in [4.69, 9.17) is 9.47 Å². The normalized spacial score (nSPS) is 18.8. The van der Waals surface area contributed by atoms with Crippen molar-refractivity contribution in [1.29, 1.82) is 0 Å². The maximum Gasteiger partial charge on any atom is 0.242 e. The molecule has 1 aliphatic rings. The highest BCUT2D eigenvalue weighted by Gasteiger charge is 2.36.